The Morgan fingerprint density at radius 3 is 2.67 bits per heavy atom. The molecule has 3 nitrogen and oxygen atoms in total. The Morgan fingerprint density at radius 2 is 2.00 bits per heavy atom. The predicted octanol–water partition coefficient (Wildman–Crippen LogP) is 3.72. The lowest BCUT2D eigenvalue weighted by Crippen LogP contribution is -2.19. The molecule has 0 amide bonds. The third kappa shape index (κ3) is 2.74. The minimum absolute atomic E-state index is 0.614. The number of nitrogens with zero attached hydrogens (tertiary/aromatic N) is 1. The summed E-state index contributed by atoms with van der Waals surface area (Å²) in [6.07, 6.45) is 0. The summed E-state index contributed by atoms with van der Waals surface area (Å²) in [5.41, 5.74) is 1.84. The smallest absolute Gasteiger partial charge is 0.147 e. The van der Waals surface area contributed by atoms with Gasteiger partial charge in [0.2, 0.25) is 0 Å². The highest BCUT2D eigenvalue weighted by Gasteiger charge is 2.13. The SMILES string of the molecule is Cc1[nH]c2c(Cl)cc(Cl)cc2c1OCCN(C)C. The molecule has 0 unspecified atom stereocenters. The van der Waals surface area contributed by atoms with E-state index < -0.39 is 0 Å². The molecule has 0 fully saturated rings. The van der Waals surface area contributed by atoms with Crippen LogP contribution in [0.3, 0.4) is 0 Å². The maximum Gasteiger partial charge on any atom is 0.147 e. The molecule has 1 N–H and O–H groups in total. The molecule has 2 rings (SSSR count). The number of H-pyrrole nitrogens is 1. The average Bonchev–Trinajstić information content (AvgIpc) is 2.56. The molecule has 0 aliphatic rings. The van der Waals surface area contributed by atoms with Crippen molar-refractivity contribution in [2.24, 2.45) is 0 Å². The fourth-order valence-electron chi connectivity index (χ4n) is 1.84. The molecule has 0 atom stereocenters. The van der Waals surface area contributed by atoms with Crippen LogP contribution in [0.4, 0.5) is 0 Å². The Labute approximate surface area is 117 Å². The molecule has 5 heteroatoms. The quantitative estimate of drug-likeness (QED) is 0.928. The molecular weight excluding hydrogens is 271 g/mol. The highest BCUT2D eigenvalue weighted by atomic mass is 35.5. The number of halogens is 2. The van der Waals surface area contributed by atoms with E-state index in [2.05, 4.69) is 9.88 Å². The zero-order valence-electron chi connectivity index (χ0n) is 10.7. The Bertz CT molecular complexity index is 564. The maximum absolute atomic E-state index is 6.15. The Kier molecular flexibility index (Phi) is 4.05. The van der Waals surface area contributed by atoms with Crippen molar-refractivity contribution in [2.45, 2.75) is 6.92 Å². The van der Waals surface area contributed by atoms with Crippen molar-refractivity contribution in [1.82, 2.24) is 9.88 Å². The second-order valence-electron chi connectivity index (χ2n) is 4.54. The summed E-state index contributed by atoms with van der Waals surface area (Å²) in [5, 5.41) is 2.16. The summed E-state index contributed by atoms with van der Waals surface area (Å²) in [5.74, 6) is 0.830. The van der Waals surface area contributed by atoms with Crippen LogP contribution < -0.4 is 4.74 Å². The number of benzene rings is 1. The molecule has 0 saturated heterocycles. The highest BCUT2D eigenvalue weighted by molar-refractivity contribution is 6.38. The van der Waals surface area contributed by atoms with Crippen LogP contribution in [0, 0.1) is 6.92 Å². The summed E-state index contributed by atoms with van der Waals surface area (Å²) >= 11 is 12.2. The number of nitrogens with one attached hydrogen (secondary N) is 1. The molecule has 1 aromatic carbocycles. The fourth-order valence-corrected chi connectivity index (χ4v) is 2.38. The largest absolute Gasteiger partial charge is 0.490 e. The van der Waals surface area contributed by atoms with Crippen LogP contribution in [-0.4, -0.2) is 37.1 Å². The molecule has 2 aromatic rings. The molecule has 0 saturated carbocycles. The molecule has 0 aliphatic carbocycles. The van der Waals surface area contributed by atoms with Crippen molar-refractivity contribution in [1.29, 1.82) is 0 Å². The van der Waals surface area contributed by atoms with Gasteiger partial charge >= 0.3 is 0 Å². The first kappa shape index (κ1) is 13.5. The van der Waals surface area contributed by atoms with Crippen molar-refractivity contribution in [3.63, 3.8) is 0 Å². The van der Waals surface area contributed by atoms with E-state index in [1.165, 1.54) is 0 Å². The van der Waals surface area contributed by atoms with E-state index in [1.807, 2.05) is 27.1 Å². The number of rotatable bonds is 4. The lowest BCUT2D eigenvalue weighted by atomic mass is 10.2. The fraction of sp³-hybridized carbons (Fsp3) is 0.385. The summed E-state index contributed by atoms with van der Waals surface area (Å²) < 4.78 is 5.82. The van der Waals surface area contributed by atoms with Crippen LogP contribution in [0.1, 0.15) is 5.69 Å². The molecule has 0 spiro atoms. The molecule has 0 bridgehead atoms. The van der Waals surface area contributed by atoms with Crippen LogP contribution in [0.2, 0.25) is 10.0 Å². The van der Waals surface area contributed by atoms with Gasteiger partial charge in [-0.25, -0.2) is 0 Å². The van der Waals surface area contributed by atoms with Gasteiger partial charge in [-0.05, 0) is 33.2 Å². The van der Waals surface area contributed by atoms with Crippen LogP contribution in [0.25, 0.3) is 10.9 Å². The summed E-state index contributed by atoms with van der Waals surface area (Å²) in [6.45, 7) is 3.46. The number of ether oxygens (including phenoxy) is 1. The lowest BCUT2D eigenvalue weighted by Gasteiger charge is -2.11. The first-order valence-electron chi connectivity index (χ1n) is 5.74. The monoisotopic (exact) mass is 286 g/mol. The average molecular weight is 287 g/mol. The van der Waals surface area contributed by atoms with E-state index in [4.69, 9.17) is 27.9 Å². The van der Waals surface area contributed by atoms with Gasteiger partial charge in [0.25, 0.3) is 0 Å². The Hall–Kier alpha value is -0.900. The molecule has 1 heterocycles. The van der Waals surface area contributed by atoms with Gasteiger partial charge in [-0.2, -0.15) is 0 Å². The van der Waals surface area contributed by atoms with Gasteiger partial charge in [0.05, 0.1) is 16.2 Å². The zero-order valence-corrected chi connectivity index (χ0v) is 12.2. The number of aryl methyl sites for hydroxylation is 1. The topological polar surface area (TPSA) is 28.3 Å². The number of fused-ring (bicyclic) bond motifs is 1. The summed E-state index contributed by atoms with van der Waals surface area (Å²) in [7, 11) is 4.03. The third-order valence-corrected chi connectivity index (χ3v) is 3.25. The summed E-state index contributed by atoms with van der Waals surface area (Å²) in [6, 6.07) is 3.60. The van der Waals surface area contributed by atoms with Crippen molar-refractivity contribution < 1.29 is 4.74 Å². The molecule has 0 radical (unpaired) electrons. The van der Waals surface area contributed by atoms with E-state index in [0.29, 0.717) is 16.7 Å². The van der Waals surface area contributed by atoms with E-state index in [9.17, 15) is 0 Å². The van der Waals surface area contributed by atoms with Crippen LogP contribution in [0.15, 0.2) is 12.1 Å². The molecule has 1 aromatic heterocycles. The number of hydrogen-bond acceptors (Lipinski definition) is 2. The molecule has 98 valence electrons. The second kappa shape index (κ2) is 5.39. The minimum Gasteiger partial charge on any atom is -0.490 e. The second-order valence-corrected chi connectivity index (χ2v) is 5.38. The number of aromatic nitrogens is 1. The van der Waals surface area contributed by atoms with Crippen LogP contribution in [-0.2, 0) is 0 Å². The Morgan fingerprint density at radius 1 is 1.28 bits per heavy atom. The van der Waals surface area contributed by atoms with Gasteiger partial charge in [-0.15, -0.1) is 0 Å². The van der Waals surface area contributed by atoms with Crippen LogP contribution >= 0.6 is 23.2 Å². The van der Waals surface area contributed by atoms with Gasteiger partial charge in [-0.1, -0.05) is 23.2 Å². The van der Waals surface area contributed by atoms with E-state index in [1.54, 1.807) is 6.07 Å². The van der Waals surface area contributed by atoms with Crippen molar-refractivity contribution in [3.8, 4) is 5.75 Å². The predicted molar refractivity (Wildman–Crippen MR) is 77.1 cm³/mol. The standard InChI is InChI=1S/C13H16Cl2N2O/c1-8-13(18-5-4-17(2)3)10-6-9(14)7-11(15)12(10)16-8/h6-7,16H,4-5H2,1-3H3. The first-order valence-corrected chi connectivity index (χ1v) is 6.49. The molecular formula is C13H16Cl2N2O. The van der Waals surface area contributed by atoms with Crippen LogP contribution in [0.5, 0.6) is 5.75 Å². The number of hydrogen-bond donors (Lipinski definition) is 1. The van der Waals surface area contributed by atoms with Gasteiger partial charge < -0.3 is 14.6 Å². The van der Waals surface area contributed by atoms with E-state index in [0.717, 1.165) is 28.9 Å². The highest BCUT2D eigenvalue weighted by Crippen LogP contribution is 2.36. The van der Waals surface area contributed by atoms with Gasteiger partial charge in [0.15, 0.2) is 0 Å². The Balaban J connectivity index is 2.34. The third-order valence-electron chi connectivity index (χ3n) is 2.74. The first-order chi connectivity index (χ1) is 8.49. The van der Waals surface area contributed by atoms with Crippen molar-refractivity contribution >= 4 is 34.1 Å². The van der Waals surface area contributed by atoms with Crippen molar-refractivity contribution in [2.75, 3.05) is 27.2 Å². The maximum atomic E-state index is 6.15. The summed E-state index contributed by atoms with van der Waals surface area (Å²) in [4.78, 5) is 5.31. The minimum atomic E-state index is 0.614. The van der Waals surface area contributed by atoms with E-state index in [-0.39, 0.29) is 0 Å². The number of likely N-dealkylation sites (N-methyl/N-ethyl adjacent to an activating group) is 1. The van der Waals surface area contributed by atoms with E-state index >= 15 is 0 Å². The number of aromatic amines is 1. The van der Waals surface area contributed by atoms with Crippen molar-refractivity contribution in [3.05, 3.63) is 27.9 Å². The zero-order chi connectivity index (χ0) is 13.3. The molecule has 18 heavy (non-hydrogen) atoms. The van der Waals surface area contributed by atoms with Gasteiger partial charge in [-0.3, -0.25) is 0 Å². The lowest BCUT2D eigenvalue weighted by molar-refractivity contribution is 0.262. The van der Waals surface area contributed by atoms with Gasteiger partial charge in [0, 0.05) is 17.0 Å². The van der Waals surface area contributed by atoms with Gasteiger partial charge in [0.1, 0.15) is 12.4 Å². The molecule has 0 aliphatic heterocycles. The normalized spacial score (nSPS) is 11.4.